The molecule has 0 saturated carbocycles. The molecule has 0 N–H and O–H groups in total. The van der Waals surface area contributed by atoms with Gasteiger partial charge in [-0.15, -0.1) is 0 Å². The van der Waals surface area contributed by atoms with Gasteiger partial charge >= 0.3 is 0 Å². The van der Waals surface area contributed by atoms with E-state index in [2.05, 4.69) is 18.7 Å². The van der Waals surface area contributed by atoms with E-state index in [0.717, 1.165) is 25.8 Å². The minimum Gasteiger partial charge on any atom is -0.340 e. The summed E-state index contributed by atoms with van der Waals surface area (Å²) >= 11 is 0. The third-order valence-corrected chi connectivity index (χ3v) is 4.49. The lowest BCUT2D eigenvalue weighted by atomic mass is 9.94. The maximum Gasteiger partial charge on any atom is 0.250 e. The highest BCUT2D eigenvalue weighted by atomic mass is 16.2. The molecule has 4 heteroatoms. The Hall–Kier alpha value is -1.58. The molecule has 1 aliphatic rings. The first-order valence-corrected chi connectivity index (χ1v) is 8.53. The number of piperidine rings is 1. The Morgan fingerprint density at radius 3 is 2.86 bits per heavy atom. The molecule has 1 fully saturated rings. The molecule has 1 atom stereocenters. The molecule has 0 radical (unpaired) electrons. The van der Waals surface area contributed by atoms with Crippen LogP contribution in [0.25, 0.3) is 0 Å². The van der Waals surface area contributed by atoms with Gasteiger partial charge in [0.2, 0.25) is 5.91 Å². The second-order valence-corrected chi connectivity index (χ2v) is 6.69. The third-order valence-electron chi connectivity index (χ3n) is 4.49. The van der Waals surface area contributed by atoms with Gasteiger partial charge in [-0.2, -0.15) is 0 Å². The van der Waals surface area contributed by atoms with Crippen molar-refractivity contribution in [2.24, 2.45) is 5.92 Å². The fraction of sp³-hybridized carbons (Fsp3) is 0.667. The molecule has 1 aromatic heterocycles. The summed E-state index contributed by atoms with van der Waals surface area (Å²) in [5, 5.41) is 0. The summed E-state index contributed by atoms with van der Waals surface area (Å²) in [5.74, 6) is 0.881. The Bertz CT molecular complexity index is 536. The predicted molar refractivity (Wildman–Crippen MR) is 88.7 cm³/mol. The number of aryl methyl sites for hydroxylation is 1. The van der Waals surface area contributed by atoms with Crippen LogP contribution < -0.4 is 5.56 Å². The number of carbonyl (C=O) groups is 1. The largest absolute Gasteiger partial charge is 0.340 e. The minimum absolute atomic E-state index is 0.0368. The smallest absolute Gasteiger partial charge is 0.250 e. The molecule has 1 aromatic rings. The van der Waals surface area contributed by atoms with Gasteiger partial charge in [0.15, 0.2) is 0 Å². The van der Waals surface area contributed by atoms with E-state index >= 15 is 0 Å². The van der Waals surface area contributed by atoms with E-state index in [4.69, 9.17) is 0 Å². The topological polar surface area (TPSA) is 42.3 Å². The summed E-state index contributed by atoms with van der Waals surface area (Å²) in [4.78, 5) is 26.3. The normalized spacial score (nSPS) is 18.7. The quantitative estimate of drug-likeness (QED) is 0.810. The van der Waals surface area contributed by atoms with Gasteiger partial charge in [-0.05, 0) is 44.1 Å². The number of nitrogens with zero attached hydrogens (tertiary/aromatic N) is 2. The molecule has 122 valence electrons. The van der Waals surface area contributed by atoms with Crippen LogP contribution in [0.1, 0.15) is 52.4 Å². The van der Waals surface area contributed by atoms with Gasteiger partial charge in [-0.3, -0.25) is 9.59 Å². The summed E-state index contributed by atoms with van der Waals surface area (Å²) in [7, 11) is 0. The van der Waals surface area contributed by atoms with Crippen LogP contribution in [0.2, 0.25) is 0 Å². The van der Waals surface area contributed by atoms with Crippen molar-refractivity contribution in [1.82, 2.24) is 9.47 Å². The highest BCUT2D eigenvalue weighted by Gasteiger charge is 2.26. The van der Waals surface area contributed by atoms with Crippen molar-refractivity contribution in [3.8, 4) is 0 Å². The molecule has 22 heavy (non-hydrogen) atoms. The Labute approximate surface area is 133 Å². The average molecular weight is 304 g/mol. The molecule has 1 unspecified atom stereocenters. The van der Waals surface area contributed by atoms with Crippen molar-refractivity contribution in [3.05, 3.63) is 34.7 Å². The molecule has 0 aromatic carbocycles. The van der Waals surface area contributed by atoms with Gasteiger partial charge in [-0.25, -0.2) is 0 Å². The van der Waals surface area contributed by atoms with Crippen molar-refractivity contribution >= 4 is 5.91 Å². The van der Waals surface area contributed by atoms with Crippen molar-refractivity contribution in [1.29, 1.82) is 0 Å². The maximum atomic E-state index is 12.5. The SMILES string of the molecule is CC(C)CCC1CCCCN1C(=O)CCn1ccccc1=O. The highest BCUT2D eigenvalue weighted by Crippen LogP contribution is 2.23. The van der Waals surface area contributed by atoms with Gasteiger partial charge in [0.25, 0.3) is 5.56 Å². The number of rotatable bonds is 6. The van der Waals surface area contributed by atoms with E-state index in [9.17, 15) is 9.59 Å². The van der Waals surface area contributed by atoms with E-state index in [1.807, 2.05) is 6.07 Å². The molecule has 1 amide bonds. The number of pyridine rings is 1. The molecule has 2 heterocycles. The van der Waals surface area contributed by atoms with Gasteiger partial charge in [0.05, 0.1) is 0 Å². The number of hydrogen-bond donors (Lipinski definition) is 0. The fourth-order valence-electron chi connectivity index (χ4n) is 3.16. The molecule has 0 bridgehead atoms. The van der Waals surface area contributed by atoms with E-state index in [-0.39, 0.29) is 11.5 Å². The molecule has 0 spiro atoms. The zero-order chi connectivity index (χ0) is 15.9. The van der Waals surface area contributed by atoms with Crippen molar-refractivity contribution in [2.45, 2.75) is 65.0 Å². The Morgan fingerprint density at radius 2 is 2.14 bits per heavy atom. The third kappa shape index (κ3) is 4.72. The van der Waals surface area contributed by atoms with Crippen LogP contribution in [0.5, 0.6) is 0 Å². The molecular weight excluding hydrogens is 276 g/mol. The van der Waals surface area contributed by atoms with Crippen LogP contribution in [-0.2, 0) is 11.3 Å². The van der Waals surface area contributed by atoms with Crippen LogP contribution in [0.3, 0.4) is 0 Å². The van der Waals surface area contributed by atoms with E-state index < -0.39 is 0 Å². The molecule has 0 aliphatic carbocycles. The highest BCUT2D eigenvalue weighted by molar-refractivity contribution is 5.76. The monoisotopic (exact) mass is 304 g/mol. The van der Waals surface area contributed by atoms with Crippen LogP contribution in [0.4, 0.5) is 0 Å². The molecule has 4 nitrogen and oxygen atoms in total. The Morgan fingerprint density at radius 1 is 1.32 bits per heavy atom. The second-order valence-electron chi connectivity index (χ2n) is 6.69. The molecule has 2 rings (SSSR count). The Balaban J connectivity index is 1.91. The first kappa shape index (κ1) is 16.8. The molecular formula is C18H28N2O2. The Kier molecular flexibility index (Phi) is 6.22. The molecule has 1 saturated heterocycles. The summed E-state index contributed by atoms with van der Waals surface area (Å²) < 4.78 is 1.62. The summed E-state index contributed by atoms with van der Waals surface area (Å²) in [6, 6.07) is 5.50. The summed E-state index contributed by atoms with van der Waals surface area (Å²) in [5.41, 5.74) is -0.0368. The number of hydrogen-bond acceptors (Lipinski definition) is 2. The van der Waals surface area contributed by atoms with Crippen molar-refractivity contribution in [3.63, 3.8) is 0 Å². The number of aromatic nitrogens is 1. The van der Waals surface area contributed by atoms with E-state index in [1.54, 1.807) is 16.8 Å². The first-order valence-electron chi connectivity index (χ1n) is 8.53. The lowest BCUT2D eigenvalue weighted by molar-refractivity contribution is -0.135. The number of amides is 1. The van der Waals surface area contributed by atoms with Gasteiger partial charge in [0, 0.05) is 37.8 Å². The standard InChI is InChI=1S/C18H28N2O2/c1-15(2)9-10-16-7-3-6-13-20(16)18(22)11-14-19-12-5-4-8-17(19)21/h4-5,8,12,15-16H,3,6-7,9-11,13-14H2,1-2H3. The zero-order valence-corrected chi connectivity index (χ0v) is 13.8. The van der Waals surface area contributed by atoms with Crippen molar-refractivity contribution < 1.29 is 4.79 Å². The van der Waals surface area contributed by atoms with Gasteiger partial charge in [0.1, 0.15) is 0 Å². The first-order chi connectivity index (χ1) is 10.6. The minimum atomic E-state index is -0.0368. The van der Waals surface area contributed by atoms with E-state index in [0.29, 0.717) is 24.9 Å². The lowest BCUT2D eigenvalue weighted by Crippen LogP contribution is -2.44. The maximum absolute atomic E-state index is 12.5. The zero-order valence-electron chi connectivity index (χ0n) is 13.8. The van der Waals surface area contributed by atoms with Gasteiger partial charge in [-0.1, -0.05) is 19.9 Å². The average Bonchev–Trinajstić information content (AvgIpc) is 2.52. The summed E-state index contributed by atoms with van der Waals surface area (Å²) in [6.07, 6.45) is 7.91. The predicted octanol–water partition coefficient (Wildman–Crippen LogP) is 3.06. The fourth-order valence-corrected chi connectivity index (χ4v) is 3.16. The van der Waals surface area contributed by atoms with Gasteiger partial charge < -0.3 is 9.47 Å². The molecule has 1 aliphatic heterocycles. The van der Waals surface area contributed by atoms with Crippen LogP contribution in [0, 0.1) is 5.92 Å². The van der Waals surface area contributed by atoms with E-state index in [1.165, 1.54) is 18.9 Å². The van der Waals surface area contributed by atoms with Crippen LogP contribution in [-0.4, -0.2) is 28.0 Å². The summed E-state index contributed by atoms with van der Waals surface area (Å²) in [6.45, 7) is 5.82. The second kappa shape index (κ2) is 8.16. The van der Waals surface area contributed by atoms with Crippen molar-refractivity contribution in [2.75, 3.05) is 6.54 Å². The number of likely N-dealkylation sites (tertiary alicyclic amines) is 1. The number of carbonyl (C=O) groups excluding carboxylic acids is 1. The van der Waals surface area contributed by atoms with Crippen LogP contribution >= 0.6 is 0 Å². The van der Waals surface area contributed by atoms with Crippen LogP contribution in [0.15, 0.2) is 29.2 Å². The lowest BCUT2D eigenvalue weighted by Gasteiger charge is -2.36.